The zero-order chi connectivity index (χ0) is 10.2. The maximum absolute atomic E-state index is 11.5. The highest BCUT2D eigenvalue weighted by Gasteiger charge is 2.22. The van der Waals surface area contributed by atoms with Crippen molar-refractivity contribution in [2.24, 2.45) is 5.92 Å². The largest absolute Gasteiger partial charge is 0.356 e. The summed E-state index contributed by atoms with van der Waals surface area (Å²) in [5.74, 6) is 2.69. The van der Waals surface area contributed by atoms with Crippen LogP contribution in [0, 0.1) is 5.92 Å². The fourth-order valence-electron chi connectivity index (χ4n) is 1.49. The third kappa shape index (κ3) is 4.33. The zero-order valence-corrected chi connectivity index (χ0v) is 9.66. The van der Waals surface area contributed by atoms with Gasteiger partial charge in [0.15, 0.2) is 0 Å². The molecule has 1 saturated heterocycles. The van der Waals surface area contributed by atoms with E-state index in [1.807, 2.05) is 11.8 Å². The molecular formula is C10H20N2OS. The Labute approximate surface area is 90.4 Å². The van der Waals surface area contributed by atoms with Gasteiger partial charge in [0.2, 0.25) is 5.91 Å². The Morgan fingerprint density at radius 3 is 3.00 bits per heavy atom. The minimum Gasteiger partial charge on any atom is -0.356 e. The second-order valence-electron chi connectivity index (χ2n) is 3.56. The maximum Gasteiger partial charge on any atom is 0.223 e. The lowest BCUT2D eigenvalue weighted by Gasteiger charge is -2.09. The molecule has 1 amide bonds. The van der Waals surface area contributed by atoms with Crippen molar-refractivity contribution in [2.75, 3.05) is 31.1 Å². The first-order chi connectivity index (χ1) is 6.84. The quantitative estimate of drug-likeness (QED) is 0.647. The van der Waals surface area contributed by atoms with Crippen molar-refractivity contribution in [3.05, 3.63) is 0 Å². The molecule has 14 heavy (non-hydrogen) atoms. The van der Waals surface area contributed by atoms with Crippen LogP contribution in [0.1, 0.15) is 19.8 Å². The van der Waals surface area contributed by atoms with E-state index >= 15 is 0 Å². The molecule has 1 fully saturated rings. The second kappa shape index (κ2) is 7.12. The lowest BCUT2D eigenvalue weighted by Crippen LogP contribution is -2.32. The lowest BCUT2D eigenvalue weighted by molar-refractivity contribution is -0.124. The van der Waals surface area contributed by atoms with Gasteiger partial charge in [0.05, 0.1) is 0 Å². The van der Waals surface area contributed by atoms with E-state index in [4.69, 9.17) is 0 Å². The van der Waals surface area contributed by atoms with Crippen molar-refractivity contribution in [3.8, 4) is 0 Å². The first-order valence-corrected chi connectivity index (χ1v) is 6.56. The van der Waals surface area contributed by atoms with Crippen molar-refractivity contribution in [1.82, 2.24) is 10.6 Å². The summed E-state index contributed by atoms with van der Waals surface area (Å²) in [4.78, 5) is 11.5. The van der Waals surface area contributed by atoms with Gasteiger partial charge in [-0.3, -0.25) is 4.79 Å². The van der Waals surface area contributed by atoms with Crippen molar-refractivity contribution >= 4 is 17.7 Å². The molecule has 0 spiro atoms. The third-order valence-corrected chi connectivity index (χ3v) is 3.54. The third-order valence-electron chi connectivity index (χ3n) is 2.38. The van der Waals surface area contributed by atoms with E-state index in [9.17, 15) is 4.79 Å². The minimum absolute atomic E-state index is 0.256. The Morgan fingerprint density at radius 1 is 1.50 bits per heavy atom. The highest BCUT2D eigenvalue weighted by Crippen LogP contribution is 2.23. The van der Waals surface area contributed by atoms with Gasteiger partial charge < -0.3 is 10.6 Å². The summed E-state index contributed by atoms with van der Waals surface area (Å²) in [6.07, 6.45) is 2.09. The molecular weight excluding hydrogens is 196 g/mol. The second-order valence-corrected chi connectivity index (χ2v) is 4.71. The number of carbonyl (C=O) groups is 1. The van der Waals surface area contributed by atoms with Gasteiger partial charge in [0, 0.05) is 18.2 Å². The highest BCUT2D eigenvalue weighted by atomic mass is 32.2. The van der Waals surface area contributed by atoms with E-state index in [1.54, 1.807) is 0 Å². The summed E-state index contributed by atoms with van der Waals surface area (Å²) >= 11 is 1.88. The number of nitrogens with one attached hydrogen (secondary N) is 2. The first-order valence-electron chi connectivity index (χ1n) is 5.40. The topological polar surface area (TPSA) is 41.1 Å². The lowest BCUT2D eigenvalue weighted by atomic mass is 10.1. The van der Waals surface area contributed by atoms with Crippen LogP contribution in [0.4, 0.5) is 0 Å². The summed E-state index contributed by atoms with van der Waals surface area (Å²) in [5, 5.41) is 6.23. The normalized spacial score (nSPS) is 21.1. The molecule has 1 atom stereocenters. The molecule has 0 radical (unpaired) electrons. The molecule has 1 aliphatic rings. The van der Waals surface area contributed by atoms with E-state index in [0.717, 1.165) is 44.0 Å². The zero-order valence-electron chi connectivity index (χ0n) is 8.84. The maximum atomic E-state index is 11.5. The molecule has 0 aromatic carbocycles. The van der Waals surface area contributed by atoms with Crippen LogP contribution in [-0.4, -0.2) is 37.0 Å². The Kier molecular flexibility index (Phi) is 6.03. The van der Waals surface area contributed by atoms with Crippen LogP contribution in [0.25, 0.3) is 0 Å². The van der Waals surface area contributed by atoms with E-state index in [0.29, 0.717) is 0 Å². The van der Waals surface area contributed by atoms with Crippen LogP contribution in [0.15, 0.2) is 0 Å². The first kappa shape index (κ1) is 11.9. The molecule has 2 N–H and O–H groups in total. The van der Waals surface area contributed by atoms with Crippen LogP contribution in [-0.2, 0) is 4.79 Å². The van der Waals surface area contributed by atoms with Gasteiger partial charge in [-0.15, -0.1) is 0 Å². The Hall–Kier alpha value is -0.220. The van der Waals surface area contributed by atoms with Gasteiger partial charge in [0.25, 0.3) is 0 Å². The average molecular weight is 216 g/mol. The molecule has 1 aliphatic heterocycles. The number of hydrogen-bond acceptors (Lipinski definition) is 3. The molecule has 0 bridgehead atoms. The van der Waals surface area contributed by atoms with Crippen LogP contribution >= 0.6 is 11.8 Å². The van der Waals surface area contributed by atoms with Crippen molar-refractivity contribution in [3.63, 3.8) is 0 Å². The van der Waals surface area contributed by atoms with E-state index in [2.05, 4.69) is 17.6 Å². The van der Waals surface area contributed by atoms with Crippen LogP contribution in [0.3, 0.4) is 0 Å². The van der Waals surface area contributed by atoms with Crippen molar-refractivity contribution in [1.29, 1.82) is 0 Å². The molecule has 4 heteroatoms. The fraction of sp³-hybridized carbons (Fsp3) is 0.900. The van der Waals surface area contributed by atoms with Gasteiger partial charge in [-0.05, 0) is 31.7 Å². The summed E-state index contributed by atoms with van der Waals surface area (Å²) < 4.78 is 0. The smallest absolute Gasteiger partial charge is 0.223 e. The van der Waals surface area contributed by atoms with Crippen LogP contribution < -0.4 is 10.6 Å². The number of thioether (sulfide) groups is 1. The molecule has 82 valence electrons. The van der Waals surface area contributed by atoms with Gasteiger partial charge in [-0.1, -0.05) is 6.92 Å². The van der Waals surface area contributed by atoms with Gasteiger partial charge >= 0.3 is 0 Å². The SMILES string of the molecule is CCNCCCNC(=O)C1CCSC1. The predicted molar refractivity (Wildman–Crippen MR) is 61.6 cm³/mol. The fourth-order valence-corrected chi connectivity index (χ4v) is 2.71. The minimum atomic E-state index is 0.256. The van der Waals surface area contributed by atoms with Crippen LogP contribution in [0.5, 0.6) is 0 Å². The monoisotopic (exact) mass is 216 g/mol. The number of rotatable bonds is 6. The summed E-state index contributed by atoms with van der Waals surface area (Å²) in [7, 11) is 0. The van der Waals surface area contributed by atoms with Gasteiger partial charge in [-0.2, -0.15) is 11.8 Å². The molecule has 3 nitrogen and oxygen atoms in total. The Bertz CT molecular complexity index is 170. The summed E-state index contributed by atoms with van der Waals surface area (Å²) in [5.41, 5.74) is 0. The molecule has 0 aliphatic carbocycles. The Balaban J connectivity index is 1.97. The number of amides is 1. The van der Waals surface area contributed by atoms with E-state index < -0.39 is 0 Å². The van der Waals surface area contributed by atoms with Crippen molar-refractivity contribution in [2.45, 2.75) is 19.8 Å². The molecule has 0 saturated carbocycles. The summed E-state index contributed by atoms with van der Waals surface area (Å²) in [6, 6.07) is 0. The molecule has 1 unspecified atom stereocenters. The molecule has 1 heterocycles. The average Bonchev–Trinajstić information content (AvgIpc) is 2.70. The van der Waals surface area contributed by atoms with E-state index in [1.165, 1.54) is 0 Å². The molecule has 0 aromatic rings. The standard InChI is InChI=1S/C10H20N2OS/c1-2-11-5-3-6-12-10(13)9-4-7-14-8-9/h9,11H,2-8H2,1H3,(H,12,13). The van der Waals surface area contributed by atoms with E-state index in [-0.39, 0.29) is 11.8 Å². The highest BCUT2D eigenvalue weighted by molar-refractivity contribution is 7.99. The summed E-state index contributed by atoms with van der Waals surface area (Å²) in [6.45, 7) is 4.91. The van der Waals surface area contributed by atoms with Crippen LogP contribution in [0.2, 0.25) is 0 Å². The molecule has 0 aromatic heterocycles. The Morgan fingerprint density at radius 2 is 2.36 bits per heavy atom. The van der Waals surface area contributed by atoms with Gasteiger partial charge in [0.1, 0.15) is 0 Å². The number of carbonyl (C=O) groups excluding carboxylic acids is 1. The van der Waals surface area contributed by atoms with Crippen molar-refractivity contribution < 1.29 is 4.79 Å². The predicted octanol–water partition coefficient (Wildman–Crippen LogP) is 0.855. The van der Waals surface area contributed by atoms with Gasteiger partial charge in [-0.25, -0.2) is 0 Å². The number of hydrogen-bond donors (Lipinski definition) is 2. The molecule has 1 rings (SSSR count).